The summed E-state index contributed by atoms with van der Waals surface area (Å²) in [6.45, 7) is 6.19. The van der Waals surface area contributed by atoms with Gasteiger partial charge in [-0.1, -0.05) is 57.5 Å². The molecule has 0 unspecified atom stereocenters. The number of para-hydroxylation sites is 1. The van der Waals surface area contributed by atoms with Crippen LogP contribution in [-0.4, -0.2) is 33.8 Å². The molecule has 2 aliphatic heterocycles. The number of benzene rings is 2. The first-order valence-corrected chi connectivity index (χ1v) is 14.2. The van der Waals surface area contributed by atoms with Crippen molar-refractivity contribution in [2.24, 2.45) is 0 Å². The van der Waals surface area contributed by atoms with Crippen molar-refractivity contribution in [2.75, 3.05) is 0 Å². The Kier molecular flexibility index (Phi) is 7.21. The lowest BCUT2D eigenvalue weighted by atomic mass is 9.73. The van der Waals surface area contributed by atoms with Crippen LogP contribution in [0.25, 0.3) is 0 Å². The molecule has 5 rings (SSSR count). The second-order valence-electron chi connectivity index (χ2n) is 11.2. The molecule has 2 fully saturated rings. The van der Waals surface area contributed by atoms with E-state index in [9.17, 15) is 9.59 Å². The molecule has 2 amide bonds. The van der Waals surface area contributed by atoms with Gasteiger partial charge in [-0.25, -0.2) is 0 Å². The minimum Gasteiger partial charge on any atom is -0.487 e. The summed E-state index contributed by atoms with van der Waals surface area (Å²) < 4.78 is 6.35. The molecule has 1 spiro atoms. The number of rotatable bonds is 8. The first kappa shape index (κ1) is 26.3. The van der Waals surface area contributed by atoms with Crippen LogP contribution in [0.1, 0.15) is 112 Å². The number of nitrogens with one attached hydrogen (secondary N) is 3. The molecule has 3 aliphatic rings. The quantitative estimate of drug-likeness (QED) is 0.400. The van der Waals surface area contributed by atoms with Crippen LogP contribution in [0, 0.1) is 5.41 Å². The molecule has 0 aromatic heterocycles. The Hall–Kier alpha value is -3.35. The molecule has 38 heavy (non-hydrogen) atoms. The lowest BCUT2D eigenvalue weighted by Gasteiger charge is -2.48. The van der Waals surface area contributed by atoms with Crippen molar-refractivity contribution in [3.8, 4) is 5.75 Å². The van der Waals surface area contributed by atoms with Crippen LogP contribution in [0.2, 0.25) is 0 Å². The zero-order chi connectivity index (χ0) is 26.9. The first-order valence-electron chi connectivity index (χ1n) is 14.2. The normalized spacial score (nSPS) is 22.1. The number of guanidine groups is 1. The highest BCUT2D eigenvalue weighted by molar-refractivity contribution is 6.00. The Morgan fingerprint density at radius 1 is 1.16 bits per heavy atom. The zero-order valence-corrected chi connectivity index (χ0v) is 22.8. The maximum absolute atomic E-state index is 13.6. The molecule has 1 aliphatic carbocycles. The Bertz CT molecular complexity index is 1200. The highest BCUT2D eigenvalue weighted by Gasteiger charge is 2.46. The van der Waals surface area contributed by atoms with Crippen LogP contribution < -0.4 is 15.4 Å². The molecule has 2 heterocycles. The Morgan fingerprint density at radius 3 is 2.58 bits per heavy atom. The van der Waals surface area contributed by atoms with Gasteiger partial charge in [-0.05, 0) is 62.3 Å². The van der Waals surface area contributed by atoms with Gasteiger partial charge in [0.15, 0.2) is 5.96 Å². The average Bonchev–Trinajstić information content (AvgIpc) is 2.91. The first-order chi connectivity index (χ1) is 18.3. The van der Waals surface area contributed by atoms with Crippen molar-refractivity contribution in [1.82, 2.24) is 15.5 Å². The molecule has 1 saturated heterocycles. The standard InChI is InChI=1S/C31H40N4O3/c1-4-11-25(35-27(36)20-30(5-2,6-3)34-29(35)32)21-12-9-13-22(18-21)28(37)33-24-19-31(16-10-17-31)38-26-15-8-7-14-23(24)26/h7-9,12-15,18,24-25H,4-6,10-11,16-17,19-20H2,1-3H3,(H2,32,34)(H,33,37)/t24-,25+/m0/s1. The zero-order valence-electron chi connectivity index (χ0n) is 22.8. The van der Waals surface area contributed by atoms with Gasteiger partial charge in [-0.3, -0.25) is 19.9 Å². The SMILES string of the molecule is CCC[C@H](c1cccc(C(=O)N[C@H]2CC3(CCC3)Oc3ccccc32)c1)N1C(=N)NC(CC)(CC)CC1=O. The van der Waals surface area contributed by atoms with E-state index in [0.717, 1.165) is 61.8 Å². The van der Waals surface area contributed by atoms with Crippen molar-refractivity contribution in [2.45, 2.75) is 102 Å². The van der Waals surface area contributed by atoms with E-state index in [-0.39, 0.29) is 41.0 Å². The number of carbonyl (C=O) groups excluding carboxylic acids is 2. The van der Waals surface area contributed by atoms with Gasteiger partial charge in [0.2, 0.25) is 5.91 Å². The molecular formula is C31H40N4O3. The molecule has 7 nitrogen and oxygen atoms in total. The highest BCUT2D eigenvalue weighted by Crippen LogP contribution is 2.48. The molecule has 202 valence electrons. The number of carbonyl (C=O) groups is 2. The van der Waals surface area contributed by atoms with Gasteiger partial charge in [-0.2, -0.15) is 0 Å². The third-order valence-corrected chi connectivity index (χ3v) is 8.91. The summed E-state index contributed by atoms with van der Waals surface area (Å²) >= 11 is 0. The van der Waals surface area contributed by atoms with Crippen LogP contribution in [0.4, 0.5) is 0 Å². The Labute approximate surface area is 225 Å². The predicted molar refractivity (Wildman–Crippen MR) is 148 cm³/mol. The summed E-state index contributed by atoms with van der Waals surface area (Å²) in [4.78, 5) is 28.5. The molecule has 1 saturated carbocycles. The van der Waals surface area contributed by atoms with Gasteiger partial charge in [-0.15, -0.1) is 0 Å². The highest BCUT2D eigenvalue weighted by atomic mass is 16.5. The number of hydrogen-bond acceptors (Lipinski definition) is 4. The van der Waals surface area contributed by atoms with Crippen LogP contribution >= 0.6 is 0 Å². The van der Waals surface area contributed by atoms with Gasteiger partial charge in [0.05, 0.1) is 18.5 Å². The van der Waals surface area contributed by atoms with Crippen molar-refractivity contribution >= 4 is 17.8 Å². The van der Waals surface area contributed by atoms with E-state index in [1.807, 2.05) is 48.5 Å². The molecule has 2 atom stereocenters. The van der Waals surface area contributed by atoms with Gasteiger partial charge >= 0.3 is 0 Å². The Morgan fingerprint density at radius 2 is 1.92 bits per heavy atom. The monoisotopic (exact) mass is 516 g/mol. The van der Waals surface area contributed by atoms with E-state index in [1.54, 1.807) is 4.90 Å². The summed E-state index contributed by atoms with van der Waals surface area (Å²) in [5.74, 6) is 0.857. The maximum Gasteiger partial charge on any atom is 0.251 e. The van der Waals surface area contributed by atoms with Crippen molar-refractivity contribution < 1.29 is 14.3 Å². The molecular weight excluding hydrogens is 476 g/mol. The van der Waals surface area contributed by atoms with Crippen molar-refractivity contribution in [3.05, 3.63) is 65.2 Å². The lowest BCUT2D eigenvalue weighted by molar-refractivity contribution is -0.132. The fraction of sp³-hybridized carbons (Fsp3) is 0.516. The Balaban J connectivity index is 1.38. The van der Waals surface area contributed by atoms with Crippen molar-refractivity contribution in [1.29, 1.82) is 5.41 Å². The third-order valence-electron chi connectivity index (χ3n) is 8.91. The number of hydrogen-bond donors (Lipinski definition) is 3. The minimum absolute atomic E-state index is 0.0321. The summed E-state index contributed by atoms with van der Waals surface area (Å²) in [7, 11) is 0. The summed E-state index contributed by atoms with van der Waals surface area (Å²) in [6.07, 6.45) is 7.47. The minimum atomic E-state index is -0.360. The fourth-order valence-electron chi connectivity index (χ4n) is 6.33. The van der Waals surface area contributed by atoms with Gasteiger partial charge in [0.25, 0.3) is 5.91 Å². The maximum atomic E-state index is 13.6. The molecule has 2 aromatic carbocycles. The van der Waals surface area contributed by atoms with Gasteiger partial charge in [0, 0.05) is 23.1 Å². The molecule has 0 radical (unpaired) electrons. The second kappa shape index (κ2) is 10.4. The molecule has 0 bridgehead atoms. The van der Waals surface area contributed by atoms with Gasteiger partial charge in [0.1, 0.15) is 11.4 Å². The number of nitrogens with zero attached hydrogens (tertiary/aromatic N) is 1. The van der Waals surface area contributed by atoms with E-state index < -0.39 is 0 Å². The summed E-state index contributed by atoms with van der Waals surface area (Å²) in [5, 5.41) is 15.4. The van der Waals surface area contributed by atoms with E-state index in [2.05, 4.69) is 31.4 Å². The topological polar surface area (TPSA) is 94.5 Å². The van der Waals surface area contributed by atoms with Crippen LogP contribution in [0.15, 0.2) is 48.5 Å². The van der Waals surface area contributed by atoms with E-state index in [1.165, 1.54) is 0 Å². The smallest absolute Gasteiger partial charge is 0.251 e. The van der Waals surface area contributed by atoms with Crippen molar-refractivity contribution in [3.63, 3.8) is 0 Å². The molecule has 3 N–H and O–H groups in total. The van der Waals surface area contributed by atoms with Gasteiger partial charge < -0.3 is 15.4 Å². The van der Waals surface area contributed by atoms with Crippen LogP contribution in [0.5, 0.6) is 5.75 Å². The average molecular weight is 517 g/mol. The predicted octanol–water partition coefficient (Wildman–Crippen LogP) is 6.02. The van der Waals surface area contributed by atoms with Crippen LogP contribution in [-0.2, 0) is 4.79 Å². The number of amides is 2. The molecule has 2 aromatic rings. The van der Waals surface area contributed by atoms with E-state index >= 15 is 0 Å². The van der Waals surface area contributed by atoms with E-state index in [0.29, 0.717) is 18.4 Å². The van der Waals surface area contributed by atoms with E-state index in [4.69, 9.17) is 10.1 Å². The van der Waals surface area contributed by atoms with Crippen LogP contribution in [0.3, 0.4) is 0 Å². The number of ether oxygens (including phenoxy) is 1. The fourth-order valence-corrected chi connectivity index (χ4v) is 6.33. The largest absolute Gasteiger partial charge is 0.487 e. The third kappa shape index (κ3) is 4.79. The second-order valence-corrected chi connectivity index (χ2v) is 11.2. The summed E-state index contributed by atoms with van der Waals surface area (Å²) in [6, 6.07) is 15.1. The molecule has 7 heteroatoms. The lowest BCUT2D eigenvalue weighted by Crippen LogP contribution is -2.62. The number of fused-ring (bicyclic) bond motifs is 1. The summed E-state index contributed by atoms with van der Waals surface area (Å²) in [5.41, 5.74) is 1.93.